The summed E-state index contributed by atoms with van der Waals surface area (Å²) in [4.78, 5) is 29.1. The quantitative estimate of drug-likeness (QED) is 0.435. The summed E-state index contributed by atoms with van der Waals surface area (Å²) in [7, 11) is -2.24. The molecule has 0 unspecified atom stereocenters. The van der Waals surface area contributed by atoms with E-state index in [0.717, 1.165) is 16.5 Å². The van der Waals surface area contributed by atoms with Gasteiger partial charge in [0.1, 0.15) is 16.4 Å². The molecule has 11 nitrogen and oxygen atoms in total. The van der Waals surface area contributed by atoms with Gasteiger partial charge in [-0.3, -0.25) is 14.3 Å². The molecular weight excluding hydrogens is 458 g/mol. The van der Waals surface area contributed by atoms with Crippen LogP contribution < -0.4 is 11.0 Å². The van der Waals surface area contributed by atoms with Gasteiger partial charge in [0, 0.05) is 44.0 Å². The van der Waals surface area contributed by atoms with Gasteiger partial charge in [-0.15, -0.1) is 0 Å². The average molecular weight is 482 g/mol. The van der Waals surface area contributed by atoms with E-state index in [0.29, 0.717) is 11.5 Å². The topological polar surface area (TPSA) is 135 Å². The fourth-order valence-corrected chi connectivity index (χ4v) is 5.89. The molecule has 3 aromatic heterocycles. The number of H-pyrrole nitrogens is 1. The molecule has 5 rings (SSSR count). The minimum absolute atomic E-state index is 0.0218. The van der Waals surface area contributed by atoms with Crippen LogP contribution in [0.2, 0.25) is 0 Å². The average Bonchev–Trinajstić information content (AvgIpc) is 3.36. The normalized spacial score (nSPS) is 14.3. The number of nitrogens with zero attached hydrogens (tertiary/aromatic N) is 5. The molecule has 2 N–H and O–H groups in total. The molecule has 0 aliphatic carbocycles. The van der Waals surface area contributed by atoms with Gasteiger partial charge < -0.3 is 9.88 Å². The number of carbonyl (C=O) groups is 1. The van der Waals surface area contributed by atoms with E-state index in [4.69, 9.17) is 0 Å². The van der Waals surface area contributed by atoms with E-state index < -0.39 is 10.0 Å². The Morgan fingerprint density at radius 3 is 2.85 bits per heavy atom. The standard InChI is InChI=1S/C22H23N7O4S/c1-14-19(34(32,33)28-9-10-29-20(13-28)25-26-22(29)31)11-18(27(14)2)21(30)24-12-15-5-3-7-17-16(15)6-4-8-23-17/h3-8,11H,9-10,12-13H2,1-2H3,(H,24,30)(H,26,31). The molecular formula is C22H23N7O4S. The van der Waals surface area contributed by atoms with Gasteiger partial charge in [-0.2, -0.15) is 9.40 Å². The van der Waals surface area contributed by atoms with Crippen molar-refractivity contribution in [1.29, 1.82) is 0 Å². The van der Waals surface area contributed by atoms with E-state index in [2.05, 4.69) is 20.5 Å². The Labute approximate surface area is 195 Å². The summed E-state index contributed by atoms with van der Waals surface area (Å²) in [6, 6.07) is 10.9. The number of sulfonamides is 1. The van der Waals surface area contributed by atoms with Gasteiger partial charge in [0.2, 0.25) is 10.0 Å². The summed E-state index contributed by atoms with van der Waals surface area (Å²) in [5.74, 6) is -0.0244. The molecule has 1 amide bonds. The minimum atomic E-state index is -3.90. The van der Waals surface area contributed by atoms with E-state index in [-0.39, 0.29) is 48.4 Å². The van der Waals surface area contributed by atoms with E-state index in [1.165, 1.54) is 14.9 Å². The smallest absolute Gasteiger partial charge is 0.343 e. The summed E-state index contributed by atoms with van der Waals surface area (Å²) >= 11 is 0. The monoisotopic (exact) mass is 481 g/mol. The minimum Gasteiger partial charge on any atom is -0.347 e. The Morgan fingerprint density at radius 2 is 2.03 bits per heavy atom. The number of hydrogen-bond donors (Lipinski definition) is 2. The fourth-order valence-electron chi connectivity index (χ4n) is 4.23. The van der Waals surface area contributed by atoms with Crippen LogP contribution in [0.1, 0.15) is 27.6 Å². The number of aromatic amines is 1. The lowest BCUT2D eigenvalue weighted by Gasteiger charge is -2.25. The lowest BCUT2D eigenvalue weighted by atomic mass is 10.1. The van der Waals surface area contributed by atoms with E-state index in [9.17, 15) is 18.0 Å². The molecule has 0 saturated carbocycles. The molecule has 0 fully saturated rings. The molecule has 0 atom stereocenters. The third-order valence-electron chi connectivity index (χ3n) is 6.24. The summed E-state index contributed by atoms with van der Waals surface area (Å²) in [6.07, 6.45) is 1.72. The molecule has 1 aromatic carbocycles. The predicted molar refractivity (Wildman–Crippen MR) is 124 cm³/mol. The van der Waals surface area contributed by atoms with Crippen LogP contribution in [-0.4, -0.2) is 49.5 Å². The molecule has 1 aliphatic heterocycles. The van der Waals surface area contributed by atoms with Crippen LogP contribution in [0.25, 0.3) is 10.9 Å². The highest BCUT2D eigenvalue weighted by atomic mass is 32.2. The molecule has 34 heavy (non-hydrogen) atoms. The van der Waals surface area contributed by atoms with Gasteiger partial charge in [-0.1, -0.05) is 18.2 Å². The zero-order valence-electron chi connectivity index (χ0n) is 18.6. The Morgan fingerprint density at radius 1 is 1.21 bits per heavy atom. The van der Waals surface area contributed by atoms with Gasteiger partial charge in [-0.05, 0) is 30.7 Å². The third-order valence-corrected chi connectivity index (χ3v) is 8.20. The Balaban J connectivity index is 1.39. The second-order valence-corrected chi connectivity index (χ2v) is 10.0. The van der Waals surface area contributed by atoms with Crippen LogP contribution in [-0.2, 0) is 36.7 Å². The van der Waals surface area contributed by atoms with Gasteiger partial charge >= 0.3 is 5.69 Å². The number of carbonyl (C=O) groups excluding carboxylic acids is 1. The summed E-state index contributed by atoms with van der Waals surface area (Å²) < 4.78 is 31.0. The van der Waals surface area contributed by atoms with Crippen molar-refractivity contribution in [2.45, 2.75) is 31.5 Å². The second kappa shape index (κ2) is 8.22. The van der Waals surface area contributed by atoms with Crippen LogP contribution in [0.4, 0.5) is 0 Å². The summed E-state index contributed by atoms with van der Waals surface area (Å²) in [5, 5.41) is 10.1. The molecule has 0 bridgehead atoms. The molecule has 1 aliphatic rings. The zero-order chi connectivity index (χ0) is 24.0. The Kier molecular flexibility index (Phi) is 5.33. The molecule has 0 spiro atoms. The van der Waals surface area contributed by atoms with Crippen molar-refractivity contribution in [3.63, 3.8) is 0 Å². The number of rotatable bonds is 5. The highest BCUT2D eigenvalue weighted by Crippen LogP contribution is 2.26. The zero-order valence-corrected chi connectivity index (χ0v) is 19.5. The number of hydrogen-bond acceptors (Lipinski definition) is 6. The van der Waals surface area contributed by atoms with Crippen molar-refractivity contribution in [3.05, 3.63) is 75.9 Å². The molecule has 4 aromatic rings. The molecule has 0 saturated heterocycles. The maximum absolute atomic E-state index is 13.4. The lowest BCUT2D eigenvalue weighted by molar-refractivity contribution is 0.0942. The SMILES string of the molecule is Cc1c(S(=O)(=O)N2CCn3c(n[nH]c3=O)C2)cc(C(=O)NCc2cccc3ncccc23)n1C. The highest BCUT2D eigenvalue weighted by molar-refractivity contribution is 7.89. The summed E-state index contributed by atoms with van der Waals surface area (Å²) in [5.41, 5.74) is 2.08. The number of pyridine rings is 1. The fraction of sp³-hybridized carbons (Fsp3) is 0.273. The molecule has 0 radical (unpaired) electrons. The van der Waals surface area contributed by atoms with E-state index in [1.807, 2.05) is 30.3 Å². The molecule has 12 heteroatoms. The van der Waals surface area contributed by atoms with Crippen molar-refractivity contribution < 1.29 is 13.2 Å². The Bertz CT molecular complexity index is 1580. The third kappa shape index (κ3) is 3.60. The van der Waals surface area contributed by atoms with Gasteiger partial charge in [0.25, 0.3) is 5.91 Å². The first-order valence-electron chi connectivity index (χ1n) is 10.7. The number of fused-ring (bicyclic) bond motifs is 2. The first kappa shape index (κ1) is 22.0. The first-order chi connectivity index (χ1) is 16.3. The number of benzene rings is 1. The highest BCUT2D eigenvalue weighted by Gasteiger charge is 2.33. The maximum atomic E-state index is 13.4. The van der Waals surface area contributed by atoms with Crippen molar-refractivity contribution in [3.8, 4) is 0 Å². The molecule has 4 heterocycles. The largest absolute Gasteiger partial charge is 0.347 e. The first-order valence-corrected chi connectivity index (χ1v) is 12.1. The van der Waals surface area contributed by atoms with Gasteiger partial charge in [0.15, 0.2) is 0 Å². The number of amides is 1. The van der Waals surface area contributed by atoms with E-state index in [1.54, 1.807) is 24.7 Å². The van der Waals surface area contributed by atoms with Gasteiger partial charge in [-0.25, -0.2) is 18.3 Å². The summed E-state index contributed by atoms with van der Waals surface area (Å²) in [6.45, 7) is 2.26. The van der Waals surface area contributed by atoms with Crippen LogP contribution in [0.3, 0.4) is 0 Å². The van der Waals surface area contributed by atoms with Crippen molar-refractivity contribution >= 4 is 26.8 Å². The molecule has 176 valence electrons. The van der Waals surface area contributed by atoms with Crippen molar-refractivity contribution in [2.24, 2.45) is 7.05 Å². The van der Waals surface area contributed by atoms with Crippen molar-refractivity contribution in [2.75, 3.05) is 6.54 Å². The lowest BCUT2D eigenvalue weighted by Crippen LogP contribution is -2.40. The van der Waals surface area contributed by atoms with Crippen molar-refractivity contribution in [1.82, 2.24) is 33.9 Å². The van der Waals surface area contributed by atoms with Crippen LogP contribution in [0.15, 0.2) is 52.3 Å². The maximum Gasteiger partial charge on any atom is 0.343 e. The van der Waals surface area contributed by atoms with Crippen LogP contribution in [0.5, 0.6) is 0 Å². The number of nitrogens with one attached hydrogen (secondary N) is 2. The predicted octanol–water partition coefficient (Wildman–Crippen LogP) is 0.901. The second-order valence-electron chi connectivity index (χ2n) is 8.14. The van der Waals surface area contributed by atoms with Crippen LogP contribution >= 0.6 is 0 Å². The van der Waals surface area contributed by atoms with Crippen LogP contribution in [0, 0.1) is 6.92 Å². The van der Waals surface area contributed by atoms with Gasteiger partial charge in [0.05, 0.1) is 12.1 Å². The Hall–Kier alpha value is -3.77. The van der Waals surface area contributed by atoms with E-state index >= 15 is 0 Å². The number of aromatic nitrogens is 5.